The molecular formula is C18H15BrClN5O2. The zero-order valence-corrected chi connectivity index (χ0v) is 16.3. The van der Waals surface area contributed by atoms with Gasteiger partial charge in [0.2, 0.25) is 0 Å². The molecule has 2 heterocycles. The van der Waals surface area contributed by atoms with Crippen LogP contribution >= 0.6 is 27.5 Å². The fourth-order valence-corrected chi connectivity index (χ4v) is 2.74. The predicted molar refractivity (Wildman–Crippen MR) is 108 cm³/mol. The molecule has 0 aliphatic rings. The number of H-pyrrole nitrogens is 1. The zero-order chi connectivity index (χ0) is 19.2. The molecule has 9 heteroatoms. The number of nitrogens with one attached hydrogen (secondary N) is 4. The number of benzene rings is 1. The van der Waals surface area contributed by atoms with Crippen molar-refractivity contribution in [3.8, 4) is 0 Å². The van der Waals surface area contributed by atoms with Crippen molar-refractivity contribution in [2.75, 3.05) is 10.6 Å². The van der Waals surface area contributed by atoms with Crippen LogP contribution < -0.4 is 16.0 Å². The third kappa shape index (κ3) is 5.57. The number of aromatic nitrogens is 2. The van der Waals surface area contributed by atoms with Crippen molar-refractivity contribution in [1.29, 1.82) is 0 Å². The topological polar surface area (TPSA) is 98.9 Å². The van der Waals surface area contributed by atoms with Crippen LogP contribution in [0.5, 0.6) is 0 Å². The van der Waals surface area contributed by atoms with Crippen LogP contribution in [-0.4, -0.2) is 21.9 Å². The van der Waals surface area contributed by atoms with Crippen LogP contribution in [0.25, 0.3) is 0 Å². The van der Waals surface area contributed by atoms with Crippen LogP contribution in [0.1, 0.15) is 16.1 Å². The Kier molecular flexibility index (Phi) is 6.10. The standard InChI is InChI=1S/C18H15BrClN5O2/c19-12-7-15(21-8-12)10-23-18(27)24-14-3-1-2-11(6-14)17(26)25-16-5-4-13(20)9-22-16/h1-9,21H,10H2,(H,22,25,26)(H2,23,24,27). The van der Waals surface area contributed by atoms with E-state index in [9.17, 15) is 9.59 Å². The fourth-order valence-electron chi connectivity index (χ4n) is 2.24. The van der Waals surface area contributed by atoms with Crippen molar-refractivity contribution in [3.63, 3.8) is 0 Å². The number of anilines is 2. The number of pyridine rings is 1. The molecule has 4 N–H and O–H groups in total. The number of aromatic amines is 1. The molecule has 3 aromatic rings. The Balaban J connectivity index is 1.58. The smallest absolute Gasteiger partial charge is 0.319 e. The first kappa shape index (κ1) is 18.9. The number of rotatable bonds is 5. The Hall–Kier alpha value is -2.84. The lowest BCUT2D eigenvalue weighted by atomic mass is 10.2. The average Bonchev–Trinajstić information content (AvgIpc) is 3.07. The fraction of sp³-hybridized carbons (Fsp3) is 0.0556. The van der Waals surface area contributed by atoms with E-state index in [1.165, 1.54) is 6.20 Å². The van der Waals surface area contributed by atoms with Crippen LogP contribution in [0.3, 0.4) is 0 Å². The molecule has 3 amide bonds. The highest BCUT2D eigenvalue weighted by molar-refractivity contribution is 9.10. The second-order valence-corrected chi connectivity index (χ2v) is 6.90. The minimum Gasteiger partial charge on any atom is -0.362 e. The largest absolute Gasteiger partial charge is 0.362 e. The summed E-state index contributed by atoms with van der Waals surface area (Å²) in [5.74, 6) is 0.0442. The van der Waals surface area contributed by atoms with Gasteiger partial charge in [0, 0.05) is 33.8 Å². The summed E-state index contributed by atoms with van der Waals surface area (Å²) >= 11 is 9.11. The van der Waals surface area contributed by atoms with E-state index in [0.29, 0.717) is 28.6 Å². The molecule has 7 nitrogen and oxygen atoms in total. The van der Waals surface area contributed by atoms with Crippen molar-refractivity contribution in [2.24, 2.45) is 0 Å². The highest BCUT2D eigenvalue weighted by atomic mass is 79.9. The molecule has 0 saturated heterocycles. The molecule has 0 unspecified atom stereocenters. The maximum atomic E-state index is 12.3. The lowest BCUT2D eigenvalue weighted by Gasteiger charge is -2.09. The quantitative estimate of drug-likeness (QED) is 0.465. The van der Waals surface area contributed by atoms with E-state index in [4.69, 9.17) is 11.6 Å². The van der Waals surface area contributed by atoms with E-state index in [1.807, 2.05) is 6.07 Å². The van der Waals surface area contributed by atoms with Crippen LogP contribution in [0, 0.1) is 0 Å². The minimum atomic E-state index is -0.377. The van der Waals surface area contributed by atoms with Gasteiger partial charge in [-0.25, -0.2) is 9.78 Å². The Morgan fingerprint density at radius 1 is 1.15 bits per heavy atom. The average molecular weight is 449 g/mol. The maximum Gasteiger partial charge on any atom is 0.319 e. The number of nitrogens with zero attached hydrogens (tertiary/aromatic N) is 1. The van der Waals surface area contributed by atoms with Gasteiger partial charge in [-0.1, -0.05) is 17.7 Å². The predicted octanol–water partition coefficient (Wildman–Crippen LogP) is 4.40. The highest BCUT2D eigenvalue weighted by Gasteiger charge is 2.09. The van der Waals surface area contributed by atoms with Gasteiger partial charge in [-0.05, 0) is 52.3 Å². The van der Waals surface area contributed by atoms with Crippen molar-refractivity contribution in [1.82, 2.24) is 15.3 Å². The van der Waals surface area contributed by atoms with Crippen molar-refractivity contribution < 1.29 is 9.59 Å². The van der Waals surface area contributed by atoms with Crippen LogP contribution in [0.2, 0.25) is 5.02 Å². The molecule has 1 aromatic carbocycles. The van der Waals surface area contributed by atoms with E-state index in [0.717, 1.165) is 10.2 Å². The summed E-state index contributed by atoms with van der Waals surface area (Å²) in [5.41, 5.74) is 1.75. The summed E-state index contributed by atoms with van der Waals surface area (Å²) in [6.07, 6.45) is 3.23. The Morgan fingerprint density at radius 3 is 2.70 bits per heavy atom. The Bertz CT molecular complexity index is 958. The lowest BCUT2D eigenvalue weighted by Crippen LogP contribution is -2.28. The van der Waals surface area contributed by atoms with Crippen molar-refractivity contribution in [2.45, 2.75) is 6.54 Å². The number of amides is 3. The molecule has 27 heavy (non-hydrogen) atoms. The van der Waals surface area contributed by atoms with E-state index >= 15 is 0 Å². The number of hydrogen-bond donors (Lipinski definition) is 4. The first-order valence-electron chi connectivity index (χ1n) is 7.90. The van der Waals surface area contributed by atoms with Gasteiger partial charge >= 0.3 is 6.03 Å². The van der Waals surface area contributed by atoms with E-state index in [2.05, 4.69) is 41.8 Å². The van der Waals surface area contributed by atoms with Gasteiger partial charge in [-0.3, -0.25) is 4.79 Å². The second kappa shape index (κ2) is 8.70. The first-order valence-corrected chi connectivity index (χ1v) is 9.07. The summed E-state index contributed by atoms with van der Waals surface area (Å²) in [6.45, 7) is 0.347. The van der Waals surface area contributed by atoms with Crippen LogP contribution in [-0.2, 0) is 6.54 Å². The number of carbonyl (C=O) groups excluding carboxylic acids is 2. The van der Waals surface area contributed by atoms with Gasteiger partial charge in [0.15, 0.2) is 0 Å². The molecule has 3 rings (SSSR count). The summed E-state index contributed by atoms with van der Waals surface area (Å²) in [6, 6.07) is 11.3. The molecule has 0 atom stereocenters. The molecule has 0 spiro atoms. The molecule has 0 fully saturated rings. The molecule has 0 radical (unpaired) electrons. The molecule has 0 aliphatic carbocycles. The number of carbonyl (C=O) groups is 2. The summed E-state index contributed by atoms with van der Waals surface area (Å²) in [5, 5.41) is 8.58. The van der Waals surface area contributed by atoms with Crippen LogP contribution in [0.15, 0.2) is 59.3 Å². The summed E-state index contributed by atoms with van der Waals surface area (Å²) in [7, 11) is 0. The third-order valence-corrected chi connectivity index (χ3v) is 4.18. The van der Waals surface area contributed by atoms with Crippen molar-refractivity contribution in [3.05, 3.63) is 75.6 Å². The third-order valence-electron chi connectivity index (χ3n) is 3.50. The molecule has 0 saturated carbocycles. The van der Waals surface area contributed by atoms with Crippen LogP contribution in [0.4, 0.5) is 16.3 Å². The van der Waals surface area contributed by atoms with Gasteiger partial charge in [-0.15, -0.1) is 0 Å². The number of urea groups is 1. The van der Waals surface area contributed by atoms with E-state index in [-0.39, 0.29) is 11.9 Å². The molecular weight excluding hydrogens is 434 g/mol. The van der Waals surface area contributed by atoms with E-state index in [1.54, 1.807) is 42.6 Å². The summed E-state index contributed by atoms with van der Waals surface area (Å²) < 4.78 is 0.911. The van der Waals surface area contributed by atoms with Gasteiger partial charge in [-0.2, -0.15) is 0 Å². The second-order valence-electron chi connectivity index (χ2n) is 5.55. The zero-order valence-electron chi connectivity index (χ0n) is 13.9. The molecule has 138 valence electrons. The molecule has 2 aromatic heterocycles. The molecule has 0 aliphatic heterocycles. The van der Waals surface area contributed by atoms with Gasteiger partial charge in [0.1, 0.15) is 5.82 Å². The summed E-state index contributed by atoms with van der Waals surface area (Å²) in [4.78, 5) is 31.4. The minimum absolute atomic E-state index is 0.342. The lowest BCUT2D eigenvalue weighted by molar-refractivity contribution is 0.102. The van der Waals surface area contributed by atoms with Crippen molar-refractivity contribution >= 4 is 51.0 Å². The van der Waals surface area contributed by atoms with E-state index < -0.39 is 0 Å². The van der Waals surface area contributed by atoms with Gasteiger partial charge in [0.05, 0.1) is 11.6 Å². The SMILES string of the molecule is O=C(NCc1cc(Br)c[nH]1)Nc1cccc(C(=O)Nc2ccc(Cl)cn2)c1. The normalized spacial score (nSPS) is 10.3. The highest BCUT2D eigenvalue weighted by Crippen LogP contribution is 2.14. The Morgan fingerprint density at radius 2 is 2.00 bits per heavy atom. The first-order chi connectivity index (χ1) is 13.0. The maximum absolute atomic E-state index is 12.3. The van der Waals surface area contributed by atoms with Gasteiger partial charge < -0.3 is 20.9 Å². The number of hydrogen-bond acceptors (Lipinski definition) is 3. The Labute approximate surface area is 168 Å². The monoisotopic (exact) mass is 447 g/mol. The number of halogens is 2. The van der Waals surface area contributed by atoms with Gasteiger partial charge in [0.25, 0.3) is 5.91 Å². The molecule has 0 bridgehead atoms.